The fourth-order valence-electron chi connectivity index (χ4n) is 2.42. The Morgan fingerprint density at radius 1 is 1.47 bits per heavy atom. The van der Waals surface area contributed by atoms with E-state index >= 15 is 0 Å². The van der Waals surface area contributed by atoms with E-state index in [1.165, 1.54) is 11.5 Å². The fraction of sp³-hybridized carbons (Fsp3) is 0.769. The van der Waals surface area contributed by atoms with Crippen molar-refractivity contribution < 1.29 is 9.90 Å². The van der Waals surface area contributed by atoms with Gasteiger partial charge in [0.25, 0.3) is 0 Å². The van der Waals surface area contributed by atoms with Gasteiger partial charge >= 0.3 is 5.97 Å². The van der Waals surface area contributed by atoms with Crippen molar-refractivity contribution >= 4 is 22.6 Å². The average Bonchev–Trinajstić information content (AvgIpc) is 2.76. The summed E-state index contributed by atoms with van der Waals surface area (Å²) in [4.78, 5) is 17.9. The monoisotopic (exact) mass is 283 g/mol. The van der Waals surface area contributed by atoms with Gasteiger partial charge in [-0.15, -0.1) is 0 Å². The third kappa shape index (κ3) is 2.88. The first-order valence-electron chi connectivity index (χ1n) is 6.64. The van der Waals surface area contributed by atoms with E-state index in [1.54, 1.807) is 0 Å². The Hall–Kier alpha value is -1.17. The molecule has 2 atom stereocenters. The number of carboxylic acids is 1. The van der Waals surface area contributed by atoms with E-state index in [2.05, 4.69) is 30.1 Å². The molecule has 1 N–H and O–H groups in total. The van der Waals surface area contributed by atoms with Gasteiger partial charge in [0.2, 0.25) is 5.13 Å². The standard InChI is InChI=1S/C13H21N3O2S/c1-8-6-5-7-16(9(8)10(17)18)12-14-11(15-19-12)13(2,3)4/h8-9H,5-7H2,1-4H3,(H,17,18). The predicted octanol–water partition coefficient (Wildman–Crippen LogP) is 2.53. The first kappa shape index (κ1) is 14.2. The molecular weight excluding hydrogens is 262 g/mol. The van der Waals surface area contributed by atoms with Gasteiger partial charge in [-0.3, -0.25) is 0 Å². The topological polar surface area (TPSA) is 66.3 Å². The number of carbonyl (C=O) groups is 1. The Balaban J connectivity index is 2.28. The lowest BCUT2D eigenvalue weighted by Gasteiger charge is -2.36. The van der Waals surface area contributed by atoms with Gasteiger partial charge in [0.1, 0.15) is 11.9 Å². The van der Waals surface area contributed by atoms with Gasteiger partial charge in [0.05, 0.1) is 0 Å². The number of aliphatic carboxylic acids is 1. The highest BCUT2D eigenvalue weighted by Gasteiger charge is 2.36. The Kier molecular flexibility index (Phi) is 3.80. The molecule has 2 rings (SSSR count). The van der Waals surface area contributed by atoms with Crippen LogP contribution in [0.2, 0.25) is 0 Å². The summed E-state index contributed by atoms with van der Waals surface area (Å²) >= 11 is 1.31. The van der Waals surface area contributed by atoms with E-state index in [0.717, 1.165) is 30.3 Å². The summed E-state index contributed by atoms with van der Waals surface area (Å²) in [7, 11) is 0. The molecule has 0 aliphatic carbocycles. The number of nitrogens with zero attached hydrogens (tertiary/aromatic N) is 3. The summed E-state index contributed by atoms with van der Waals surface area (Å²) in [6.07, 6.45) is 1.97. The molecule has 0 amide bonds. The summed E-state index contributed by atoms with van der Waals surface area (Å²) in [6.45, 7) is 8.93. The lowest BCUT2D eigenvalue weighted by molar-refractivity contribution is -0.140. The molecule has 0 bridgehead atoms. The maximum absolute atomic E-state index is 11.5. The minimum atomic E-state index is -0.764. The zero-order chi connectivity index (χ0) is 14.2. The first-order valence-corrected chi connectivity index (χ1v) is 7.41. The zero-order valence-electron chi connectivity index (χ0n) is 11.9. The molecule has 1 aliphatic rings. The SMILES string of the molecule is CC1CCCN(c2nc(C(C)(C)C)ns2)C1C(=O)O. The van der Waals surface area contributed by atoms with Crippen LogP contribution < -0.4 is 4.90 Å². The Morgan fingerprint density at radius 2 is 2.16 bits per heavy atom. The minimum Gasteiger partial charge on any atom is -0.480 e. The molecule has 1 saturated heterocycles. The molecule has 0 saturated carbocycles. The fourth-order valence-corrected chi connectivity index (χ4v) is 3.34. The minimum absolute atomic E-state index is 0.102. The van der Waals surface area contributed by atoms with Crippen LogP contribution in [0.4, 0.5) is 5.13 Å². The van der Waals surface area contributed by atoms with Gasteiger partial charge in [-0.25, -0.2) is 9.78 Å². The van der Waals surface area contributed by atoms with Crippen molar-refractivity contribution in [1.82, 2.24) is 9.36 Å². The Morgan fingerprint density at radius 3 is 2.68 bits per heavy atom. The number of hydrogen-bond acceptors (Lipinski definition) is 5. The molecule has 0 spiro atoms. The smallest absolute Gasteiger partial charge is 0.326 e. The molecule has 5 nitrogen and oxygen atoms in total. The predicted molar refractivity (Wildman–Crippen MR) is 75.8 cm³/mol. The molecule has 0 radical (unpaired) electrons. The number of piperidine rings is 1. The van der Waals surface area contributed by atoms with E-state index in [9.17, 15) is 9.90 Å². The highest BCUT2D eigenvalue weighted by molar-refractivity contribution is 7.09. The first-order chi connectivity index (χ1) is 8.80. The number of anilines is 1. The average molecular weight is 283 g/mol. The lowest BCUT2D eigenvalue weighted by Crippen LogP contribution is -2.49. The van der Waals surface area contributed by atoms with Gasteiger partial charge in [0.15, 0.2) is 0 Å². The number of aromatic nitrogens is 2. The van der Waals surface area contributed by atoms with Crippen molar-refractivity contribution in [1.29, 1.82) is 0 Å². The van der Waals surface area contributed by atoms with Gasteiger partial charge in [-0.05, 0) is 18.8 Å². The summed E-state index contributed by atoms with van der Waals surface area (Å²) in [6, 6.07) is -0.477. The van der Waals surface area contributed by atoms with Crippen molar-refractivity contribution in [2.75, 3.05) is 11.4 Å². The van der Waals surface area contributed by atoms with Crippen LogP contribution in [0.5, 0.6) is 0 Å². The molecule has 1 aliphatic heterocycles. The maximum Gasteiger partial charge on any atom is 0.326 e. The van der Waals surface area contributed by atoms with Crippen LogP contribution in [-0.4, -0.2) is 33.0 Å². The molecule has 1 fully saturated rings. The molecule has 2 unspecified atom stereocenters. The molecule has 19 heavy (non-hydrogen) atoms. The molecule has 106 valence electrons. The van der Waals surface area contributed by atoms with Crippen molar-refractivity contribution in [2.45, 2.75) is 52.0 Å². The number of hydrogen-bond donors (Lipinski definition) is 1. The summed E-state index contributed by atoms with van der Waals surface area (Å²) in [5, 5.41) is 10.2. The second-order valence-corrected chi connectivity index (χ2v) is 6.98. The number of carboxylic acid groups (broad SMARTS) is 1. The summed E-state index contributed by atoms with van der Waals surface area (Å²) in [5.41, 5.74) is -0.102. The molecule has 2 heterocycles. The maximum atomic E-state index is 11.5. The van der Waals surface area contributed by atoms with Gasteiger partial charge in [-0.1, -0.05) is 27.7 Å². The van der Waals surface area contributed by atoms with E-state index < -0.39 is 12.0 Å². The van der Waals surface area contributed by atoms with E-state index in [-0.39, 0.29) is 11.3 Å². The normalized spacial score (nSPS) is 24.5. The second kappa shape index (κ2) is 5.07. The third-order valence-electron chi connectivity index (χ3n) is 3.52. The Labute approximate surface area is 117 Å². The van der Waals surface area contributed by atoms with E-state index in [4.69, 9.17) is 0 Å². The molecule has 6 heteroatoms. The largest absolute Gasteiger partial charge is 0.480 e. The van der Waals surface area contributed by atoms with Gasteiger partial charge in [0, 0.05) is 23.5 Å². The Bertz CT molecular complexity index is 467. The van der Waals surface area contributed by atoms with E-state index in [0.29, 0.717) is 0 Å². The molecule has 1 aromatic heterocycles. The van der Waals surface area contributed by atoms with E-state index in [1.807, 2.05) is 11.8 Å². The van der Waals surface area contributed by atoms with Crippen LogP contribution in [0.3, 0.4) is 0 Å². The van der Waals surface area contributed by atoms with Crippen LogP contribution in [0.25, 0.3) is 0 Å². The number of rotatable bonds is 2. The van der Waals surface area contributed by atoms with Crippen molar-refractivity contribution in [3.05, 3.63) is 5.82 Å². The summed E-state index contributed by atoms with van der Waals surface area (Å²) in [5.74, 6) is 0.169. The van der Waals surface area contributed by atoms with Gasteiger partial charge in [-0.2, -0.15) is 4.37 Å². The van der Waals surface area contributed by atoms with Crippen LogP contribution in [0.1, 0.15) is 46.4 Å². The lowest BCUT2D eigenvalue weighted by atomic mass is 9.91. The molecule has 0 aromatic carbocycles. The van der Waals surface area contributed by atoms with Gasteiger partial charge < -0.3 is 10.0 Å². The molecular formula is C13H21N3O2S. The molecule has 1 aromatic rings. The van der Waals surface area contributed by atoms with Crippen molar-refractivity contribution in [3.63, 3.8) is 0 Å². The van der Waals surface area contributed by atoms with Crippen LogP contribution in [0, 0.1) is 5.92 Å². The highest BCUT2D eigenvalue weighted by atomic mass is 32.1. The quantitative estimate of drug-likeness (QED) is 0.903. The summed E-state index contributed by atoms with van der Waals surface area (Å²) < 4.78 is 4.38. The van der Waals surface area contributed by atoms with Crippen LogP contribution >= 0.6 is 11.5 Å². The third-order valence-corrected chi connectivity index (χ3v) is 4.27. The highest BCUT2D eigenvalue weighted by Crippen LogP contribution is 2.32. The zero-order valence-corrected chi connectivity index (χ0v) is 12.7. The van der Waals surface area contributed by atoms with Crippen molar-refractivity contribution in [3.8, 4) is 0 Å². The second-order valence-electron chi connectivity index (χ2n) is 6.25. The van der Waals surface area contributed by atoms with Crippen LogP contribution in [-0.2, 0) is 10.2 Å². The van der Waals surface area contributed by atoms with Crippen molar-refractivity contribution in [2.24, 2.45) is 5.92 Å². The van der Waals surface area contributed by atoms with Crippen LogP contribution in [0.15, 0.2) is 0 Å².